The van der Waals surface area contributed by atoms with Gasteiger partial charge in [0.05, 0.1) is 0 Å². The second kappa shape index (κ2) is 6.04. The summed E-state index contributed by atoms with van der Waals surface area (Å²) in [7, 11) is 2.00. The first-order valence-corrected chi connectivity index (χ1v) is 7.63. The number of halogens is 1. The topological polar surface area (TPSA) is 37.2 Å². The highest BCUT2D eigenvalue weighted by Crippen LogP contribution is 2.17. The second-order valence-corrected chi connectivity index (χ2v) is 5.94. The Morgan fingerprint density at radius 2 is 1.82 bits per heavy atom. The predicted octanol–water partition coefficient (Wildman–Crippen LogP) is 1.89. The fourth-order valence-corrected chi connectivity index (χ4v) is 2.85. The van der Waals surface area contributed by atoms with Crippen LogP contribution in [0.1, 0.15) is 17.0 Å². The number of aryl methyl sites for hydroxylation is 2. The van der Waals surface area contributed by atoms with Crippen LogP contribution in [-0.2, 0) is 13.6 Å². The molecular formula is C16H22FN5. The minimum atomic E-state index is -0.163. The van der Waals surface area contributed by atoms with Gasteiger partial charge in [0.1, 0.15) is 11.6 Å². The van der Waals surface area contributed by atoms with Gasteiger partial charge in [-0.15, -0.1) is 10.2 Å². The molecule has 1 aliphatic rings. The van der Waals surface area contributed by atoms with E-state index in [0.29, 0.717) is 0 Å². The van der Waals surface area contributed by atoms with Crippen molar-refractivity contribution in [3.63, 3.8) is 0 Å². The molecule has 1 aromatic heterocycles. The molecule has 22 heavy (non-hydrogen) atoms. The van der Waals surface area contributed by atoms with Crippen molar-refractivity contribution >= 4 is 5.95 Å². The van der Waals surface area contributed by atoms with E-state index in [1.54, 1.807) is 12.1 Å². The van der Waals surface area contributed by atoms with Gasteiger partial charge in [-0.1, -0.05) is 6.07 Å². The van der Waals surface area contributed by atoms with Gasteiger partial charge in [0, 0.05) is 39.8 Å². The lowest BCUT2D eigenvalue weighted by molar-refractivity contribution is 0.247. The smallest absolute Gasteiger partial charge is 0.227 e. The van der Waals surface area contributed by atoms with Gasteiger partial charge < -0.3 is 9.47 Å². The molecule has 5 nitrogen and oxygen atoms in total. The quantitative estimate of drug-likeness (QED) is 0.868. The van der Waals surface area contributed by atoms with Crippen LogP contribution in [0.15, 0.2) is 18.2 Å². The Bertz CT molecular complexity index is 659. The van der Waals surface area contributed by atoms with Crippen molar-refractivity contribution in [1.82, 2.24) is 19.7 Å². The van der Waals surface area contributed by atoms with E-state index in [1.807, 2.05) is 31.5 Å². The summed E-state index contributed by atoms with van der Waals surface area (Å²) in [5.41, 5.74) is 2.22. The van der Waals surface area contributed by atoms with Gasteiger partial charge in [-0.25, -0.2) is 4.39 Å². The number of hydrogen-bond acceptors (Lipinski definition) is 4. The Kier molecular flexibility index (Phi) is 4.11. The molecule has 0 saturated carbocycles. The monoisotopic (exact) mass is 303 g/mol. The lowest BCUT2D eigenvalue weighted by atomic mass is 10.1. The molecule has 1 fully saturated rings. The fraction of sp³-hybridized carbons (Fsp3) is 0.500. The number of aromatic nitrogens is 3. The van der Waals surface area contributed by atoms with Crippen molar-refractivity contribution in [3.8, 4) is 0 Å². The largest absolute Gasteiger partial charge is 0.338 e. The molecule has 1 saturated heterocycles. The average Bonchev–Trinajstić information content (AvgIpc) is 2.83. The number of piperazine rings is 1. The molecule has 6 heteroatoms. The fourth-order valence-electron chi connectivity index (χ4n) is 2.85. The first kappa shape index (κ1) is 15.0. The number of anilines is 1. The van der Waals surface area contributed by atoms with Crippen LogP contribution < -0.4 is 4.90 Å². The SMILES string of the molecule is Cc1cc(F)ccc1CN1CCN(c2nnc(C)n2C)CC1. The molecule has 3 rings (SSSR count). The van der Waals surface area contributed by atoms with Crippen LogP contribution in [0, 0.1) is 19.7 Å². The second-order valence-electron chi connectivity index (χ2n) is 5.94. The van der Waals surface area contributed by atoms with E-state index in [0.717, 1.165) is 50.1 Å². The van der Waals surface area contributed by atoms with Crippen LogP contribution in [0.25, 0.3) is 0 Å². The molecule has 0 unspecified atom stereocenters. The highest BCUT2D eigenvalue weighted by Gasteiger charge is 2.21. The van der Waals surface area contributed by atoms with E-state index in [1.165, 1.54) is 5.56 Å². The summed E-state index contributed by atoms with van der Waals surface area (Å²) in [4.78, 5) is 4.67. The van der Waals surface area contributed by atoms with Crippen LogP contribution in [0.4, 0.5) is 10.3 Å². The van der Waals surface area contributed by atoms with Gasteiger partial charge >= 0.3 is 0 Å². The van der Waals surface area contributed by atoms with Gasteiger partial charge in [-0.2, -0.15) is 0 Å². The Morgan fingerprint density at radius 1 is 1.09 bits per heavy atom. The lowest BCUT2D eigenvalue weighted by Gasteiger charge is -2.35. The minimum absolute atomic E-state index is 0.163. The number of hydrogen-bond donors (Lipinski definition) is 0. The van der Waals surface area contributed by atoms with Gasteiger partial charge in [0.15, 0.2) is 0 Å². The van der Waals surface area contributed by atoms with Crippen molar-refractivity contribution in [1.29, 1.82) is 0 Å². The summed E-state index contributed by atoms with van der Waals surface area (Å²) in [5, 5.41) is 8.37. The molecule has 0 amide bonds. The standard InChI is InChI=1S/C16H22FN5/c1-12-10-15(17)5-4-14(12)11-21-6-8-22(9-7-21)16-19-18-13(2)20(16)3/h4-5,10H,6-9,11H2,1-3H3. The van der Waals surface area contributed by atoms with Crippen LogP contribution in [0.3, 0.4) is 0 Å². The van der Waals surface area contributed by atoms with Crippen molar-refractivity contribution in [3.05, 3.63) is 41.0 Å². The lowest BCUT2D eigenvalue weighted by Crippen LogP contribution is -2.46. The normalized spacial score (nSPS) is 16.3. The number of rotatable bonds is 3. The molecule has 0 bridgehead atoms. The summed E-state index contributed by atoms with van der Waals surface area (Å²) < 4.78 is 15.2. The van der Waals surface area contributed by atoms with Gasteiger partial charge in [0.2, 0.25) is 5.95 Å². The molecule has 1 aromatic carbocycles. The molecule has 1 aliphatic heterocycles. The molecule has 0 atom stereocenters. The maximum Gasteiger partial charge on any atom is 0.227 e. The van der Waals surface area contributed by atoms with Crippen molar-refractivity contribution < 1.29 is 4.39 Å². The Labute approximate surface area is 130 Å². The molecule has 0 aliphatic carbocycles. The molecular weight excluding hydrogens is 281 g/mol. The third-order valence-corrected chi connectivity index (χ3v) is 4.42. The van der Waals surface area contributed by atoms with Crippen LogP contribution >= 0.6 is 0 Å². The molecule has 0 N–H and O–H groups in total. The zero-order chi connectivity index (χ0) is 15.7. The van der Waals surface area contributed by atoms with E-state index >= 15 is 0 Å². The Hall–Kier alpha value is -1.95. The molecule has 0 radical (unpaired) electrons. The third kappa shape index (κ3) is 2.97. The molecule has 118 valence electrons. The zero-order valence-corrected chi connectivity index (χ0v) is 13.4. The first-order chi connectivity index (χ1) is 10.5. The van der Waals surface area contributed by atoms with Gasteiger partial charge in [-0.3, -0.25) is 4.90 Å². The summed E-state index contributed by atoms with van der Waals surface area (Å²) in [6, 6.07) is 5.04. The number of benzene rings is 1. The average molecular weight is 303 g/mol. The summed E-state index contributed by atoms with van der Waals surface area (Å²) in [5.74, 6) is 1.71. The highest BCUT2D eigenvalue weighted by molar-refractivity contribution is 5.32. The van der Waals surface area contributed by atoms with Crippen LogP contribution in [0.2, 0.25) is 0 Å². The summed E-state index contributed by atoms with van der Waals surface area (Å²) >= 11 is 0. The Morgan fingerprint density at radius 3 is 2.41 bits per heavy atom. The van der Waals surface area contributed by atoms with E-state index in [9.17, 15) is 4.39 Å². The maximum atomic E-state index is 13.2. The van der Waals surface area contributed by atoms with E-state index in [-0.39, 0.29) is 5.82 Å². The molecule has 0 spiro atoms. The number of nitrogens with zero attached hydrogens (tertiary/aromatic N) is 5. The minimum Gasteiger partial charge on any atom is -0.338 e. The van der Waals surface area contributed by atoms with Crippen molar-refractivity contribution in [2.75, 3.05) is 31.1 Å². The van der Waals surface area contributed by atoms with E-state index in [4.69, 9.17) is 0 Å². The van der Waals surface area contributed by atoms with Crippen molar-refractivity contribution in [2.45, 2.75) is 20.4 Å². The summed E-state index contributed by atoms with van der Waals surface area (Å²) in [6.45, 7) is 8.63. The van der Waals surface area contributed by atoms with Crippen molar-refractivity contribution in [2.24, 2.45) is 7.05 Å². The van der Waals surface area contributed by atoms with Gasteiger partial charge in [0.25, 0.3) is 0 Å². The molecule has 2 heterocycles. The Balaban J connectivity index is 1.61. The summed E-state index contributed by atoms with van der Waals surface area (Å²) in [6.07, 6.45) is 0. The van der Waals surface area contributed by atoms with Gasteiger partial charge in [-0.05, 0) is 37.1 Å². The maximum absolute atomic E-state index is 13.2. The highest BCUT2D eigenvalue weighted by atomic mass is 19.1. The predicted molar refractivity (Wildman–Crippen MR) is 84.4 cm³/mol. The van der Waals surface area contributed by atoms with Crippen LogP contribution in [-0.4, -0.2) is 45.8 Å². The van der Waals surface area contributed by atoms with Crippen LogP contribution in [0.5, 0.6) is 0 Å². The molecule has 2 aromatic rings. The third-order valence-electron chi connectivity index (χ3n) is 4.42. The van der Waals surface area contributed by atoms with E-state index < -0.39 is 0 Å². The zero-order valence-electron chi connectivity index (χ0n) is 13.4. The first-order valence-electron chi connectivity index (χ1n) is 7.63. The van der Waals surface area contributed by atoms with E-state index in [2.05, 4.69) is 20.0 Å².